The monoisotopic (exact) mass is 508 g/mol. The molecule has 0 aliphatic carbocycles. The summed E-state index contributed by atoms with van der Waals surface area (Å²) >= 11 is 0. The van der Waals surface area contributed by atoms with Crippen LogP contribution >= 0.6 is 0 Å². The molecule has 0 bridgehead atoms. The first kappa shape index (κ1) is 19.0. The molecule has 4 nitrogen and oxygen atoms in total. The summed E-state index contributed by atoms with van der Waals surface area (Å²) in [6, 6.07) is 8.47. The van der Waals surface area contributed by atoms with Crippen molar-refractivity contribution in [1.29, 1.82) is 0 Å². The molecule has 1 radical (unpaired) electrons. The van der Waals surface area contributed by atoms with Gasteiger partial charge < -0.3 is 4.57 Å². The van der Waals surface area contributed by atoms with Crippen LogP contribution in [0.5, 0.6) is 0 Å². The van der Waals surface area contributed by atoms with E-state index in [2.05, 4.69) is 55.7 Å². The first-order chi connectivity index (χ1) is 11.5. The molecule has 0 unspecified atom stereocenters. The second kappa shape index (κ2) is 7.31. The van der Waals surface area contributed by atoms with E-state index in [0.717, 1.165) is 11.3 Å². The molecule has 0 aliphatic heterocycles. The van der Waals surface area contributed by atoms with E-state index in [1.807, 2.05) is 4.57 Å². The molecule has 0 amide bonds. The fraction of sp³-hybridized carbons (Fsp3) is 0.250. The summed E-state index contributed by atoms with van der Waals surface area (Å²) in [4.78, 5) is 3.49. The van der Waals surface area contributed by atoms with Gasteiger partial charge in [0.1, 0.15) is 12.0 Å². The Morgan fingerprint density at radius 3 is 2.20 bits per heavy atom. The molecular formula is C20H19IrN4-. The maximum atomic E-state index is 7.20. The summed E-state index contributed by atoms with van der Waals surface area (Å²) in [7, 11) is 0. The van der Waals surface area contributed by atoms with Crippen LogP contribution < -0.4 is 0 Å². The molecule has 1 heterocycles. The second-order valence-corrected chi connectivity index (χ2v) is 6.07. The molecule has 0 saturated heterocycles. The minimum absolute atomic E-state index is 0. The van der Waals surface area contributed by atoms with Crippen molar-refractivity contribution in [2.45, 2.75) is 34.6 Å². The topological polar surface area (TPSA) is 35.1 Å². The Labute approximate surface area is 162 Å². The van der Waals surface area contributed by atoms with Gasteiger partial charge in [0.2, 0.25) is 0 Å². The molecule has 5 heteroatoms. The van der Waals surface area contributed by atoms with E-state index in [4.69, 9.17) is 6.57 Å². The Balaban J connectivity index is 0.00000225. The largest absolute Gasteiger partial charge is 0.322 e. The van der Waals surface area contributed by atoms with Gasteiger partial charge in [-0.2, -0.15) is 11.2 Å². The molecule has 0 atom stereocenters. The average molecular weight is 508 g/mol. The number of hydrogen-bond acceptors (Lipinski definition) is 2. The molecule has 0 saturated carbocycles. The van der Waals surface area contributed by atoms with Crippen molar-refractivity contribution in [2.24, 2.45) is 0 Å². The molecule has 0 N–H and O–H groups in total. The normalized spacial score (nSPS) is 10.2. The average Bonchev–Trinajstić information content (AvgIpc) is 3.08. The second-order valence-electron chi connectivity index (χ2n) is 6.07. The van der Waals surface area contributed by atoms with E-state index in [-0.39, 0.29) is 20.1 Å². The number of benzene rings is 2. The standard InChI is InChI=1S/C20H19N4.Ir/c1-12-13(2)15(4)19(16(5)14(12)3)24-11-22-23-20(24)17-8-7-9-18(10-17)21-6;/h7,9-11H,1-5H3;/q-1;. The number of nitrogens with zero attached hydrogens (tertiary/aromatic N) is 4. The summed E-state index contributed by atoms with van der Waals surface area (Å²) in [5.41, 5.74) is 8.79. The van der Waals surface area contributed by atoms with Gasteiger partial charge >= 0.3 is 0 Å². The van der Waals surface area contributed by atoms with Crippen molar-refractivity contribution in [3.05, 3.63) is 69.8 Å². The van der Waals surface area contributed by atoms with Crippen molar-refractivity contribution in [3.8, 4) is 17.1 Å². The Morgan fingerprint density at radius 2 is 1.60 bits per heavy atom. The molecule has 3 aromatic rings. The van der Waals surface area contributed by atoms with Crippen LogP contribution in [0.25, 0.3) is 21.9 Å². The zero-order chi connectivity index (χ0) is 17.4. The van der Waals surface area contributed by atoms with Gasteiger partial charge in [0.05, 0.1) is 12.4 Å². The fourth-order valence-electron chi connectivity index (χ4n) is 3.08. The van der Waals surface area contributed by atoms with Crippen LogP contribution in [0.2, 0.25) is 0 Å². The maximum absolute atomic E-state index is 7.20. The van der Waals surface area contributed by atoms with Gasteiger partial charge in [0.25, 0.3) is 0 Å². The van der Waals surface area contributed by atoms with E-state index in [1.165, 1.54) is 27.8 Å². The molecule has 3 rings (SSSR count). The first-order valence-corrected chi connectivity index (χ1v) is 7.82. The Hall–Kier alpha value is -2.28. The minimum atomic E-state index is 0. The van der Waals surface area contributed by atoms with Crippen molar-refractivity contribution < 1.29 is 20.1 Å². The van der Waals surface area contributed by atoms with Crippen molar-refractivity contribution in [3.63, 3.8) is 0 Å². The molecule has 129 valence electrons. The van der Waals surface area contributed by atoms with Crippen LogP contribution in [-0.4, -0.2) is 14.8 Å². The van der Waals surface area contributed by atoms with Gasteiger partial charge in [-0.3, -0.25) is 4.85 Å². The van der Waals surface area contributed by atoms with Gasteiger partial charge in [0, 0.05) is 25.8 Å². The summed E-state index contributed by atoms with van der Waals surface area (Å²) in [5, 5.41) is 8.39. The van der Waals surface area contributed by atoms with Crippen molar-refractivity contribution in [2.75, 3.05) is 0 Å². The molecule has 0 aliphatic rings. The van der Waals surface area contributed by atoms with Crippen LogP contribution in [-0.2, 0) is 20.1 Å². The van der Waals surface area contributed by atoms with Crippen LogP contribution in [0.4, 0.5) is 5.69 Å². The third kappa shape index (κ3) is 3.16. The van der Waals surface area contributed by atoms with E-state index >= 15 is 0 Å². The summed E-state index contributed by atoms with van der Waals surface area (Å²) in [5.74, 6) is 0.703. The van der Waals surface area contributed by atoms with Gasteiger partial charge in [-0.1, -0.05) is 0 Å². The molecular weight excluding hydrogens is 488 g/mol. The summed E-state index contributed by atoms with van der Waals surface area (Å²) in [6.07, 6.45) is 1.73. The van der Waals surface area contributed by atoms with Gasteiger partial charge in [-0.25, -0.2) is 0 Å². The summed E-state index contributed by atoms with van der Waals surface area (Å²) in [6.45, 7) is 17.9. The van der Waals surface area contributed by atoms with Crippen LogP contribution in [0.3, 0.4) is 0 Å². The molecule has 25 heavy (non-hydrogen) atoms. The molecule has 0 spiro atoms. The Morgan fingerprint density at radius 1 is 1.00 bits per heavy atom. The van der Waals surface area contributed by atoms with Crippen LogP contribution in [0.15, 0.2) is 24.5 Å². The van der Waals surface area contributed by atoms with Gasteiger partial charge in [-0.15, -0.1) is 28.9 Å². The fourth-order valence-corrected chi connectivity index (χ4v) is 3.08. The van der Waals surface area contributed by atoms with E-state index in [9.17, 15) is 0 Å². The van der Waals surface area contributed by atoms with E-state index < -0.39 is 0 Å². The van der Waals surface area contributed by atoms with Gasteiger partial charge in [0.15, 0.2) is 0 Å². The number of aromatic nitrogens is 3. The number of rotatable bonds is 2. The minimum Gasteiger partial charge on any atom is -0.322 e. The van der Waals surface area contributed by atoms with E-state index in [0.29, 0.717) is 11.5 Å². The third-order valence-corrected chi connectivity index (χ3v) is 4.90. The van der Waals surface area contributed by atoms with Crippen LogP contribution in [0, 0.1) is 47.3 Å². The third-order valence-electron chi connectivity index (χ3n) is 4.90. The zero-order valence-electron chi connectivity index (χ0n) is 14.9. The van der Waals surface area contributed by atoms with Crippen LogP contribution in [0.1, 0.15) is 27.8 Å². The number of hydrogen-bond donors (Lipinski definition) is 0. The SMILES string of the molecule is [C-]#[N+]c1cc[c-]c(-c2nncn2-c2c(C)c(C)c(C)c(C)c2C)c1.[Ir]. The predicted molar refractivity (Wildman–Crippen MR) is 95.6 cm³/mol. The summed E-state index contributed by atoms with van der Waals surface area (Å²) < 4.78 is 2.00. The Kier molecular flexibility index (Phi) is 5.57. The molecule has 1 aromatic heterocycles. The maximum Gasteiger partial charge on any atom is 0.114 e. The Bertz CT molecular complexity index is 951. The molecule has 2 aromatic carbocycles. The zero-order valence-corrected chi connectivity index (χ0v) is 17.3. The quantitative estimate of drug-likeness (QED) is 0.466. The smallest absolute Gasteiger partial charge is 0.114 e. The predicted octanol–water partition coefficient (Wildman–Crippen LogP) is 4.82. The van der Waals surface area contributed by atoms with Crippen molar-refractivity contribution in [1.82, 2.24) is 14.8 Å². The van der Waals surface area contributed by atoms with E-state index in [1.54, 1.807) is 24.5 Å². The van der Waals surface area contributed by atoms with Crippen molar-refractivity contribution >= 4 is 5.69 Å². The molecule has 0 fully saturated rings. The van der Waals surface area contributed by atoms with Gasteiger partial charge in [-0.05, 0) is 62.4 Å². The first-order valence-electron chi connectivity index (χ1n) is 7.82.